The van der Waals surface area contributed by atoms with Crippen LogP contribution in [0.25, 0.3) is 11.1 Å². The van der Waals surface area contributed by atoms with Crippen LogP contribution in [0.5, 0.6) is 0 Å². The Hall–Kier alpha value is -7.62. The second-order valence-electron chi connectivity index (χ2n) is 23.4. The molecule has 1 aliphatic carbocycles. The van der Waals surface area contributed by atoms with E-state index in [4.69, 9.17) is 23.7 Å². The normalized spacial score (nSPS) is 12.9. The molecule has 0 saturated carbocycles. The fraction of sp³-hybridized carbons (Fsp3) is 0.544. The van der Waals surface area contributed by atoms with Crippen molar-refractivity contribution in [1.82, 2.24) is 39.1 Å². The summed E-state index contributed by atoms with van der Waals surface area (Å²) in [5.74, 6) is -4.83. The van der Waals surface area contributed by atoms with Crippen LogP contribution in [0.4, 0.5) is 4.79 Å². The summed E-state index contributed by atoms with van der Waals surface area (Å²) in [6.45, 7) is 17.8. The molecule has 0 spiro atoms. The number of benzene rings is 2. The van der Waals surface area contributed by atoms with Crippen LogP contribution in [0, 0.1) is 0 Å². The molecule has 1 aliphatic rings. The van der Waals surface area contributed by atoms with Gasteiger partial charge >= 0.3 is 35.9 Å². The van der Waals surface area contributed by atoms with Crippen LogP contribution in [0.2, 0.25) is 0 Å². The number of rotatable bonds is 25. The van der Waals surface area contributed by atoms with E-state index in [1.165, 1.54) is 12.4 Å². The smallest absolute Gasteiger partial charge is 0.407 e. The minimum Gasteiger partial charge on any atom is -0.480 e. The van der Waals surface area contributed by atoms with Crippen molar-refractivity contribution in [3.8, 4) is 11.1 Å². The van der Waals surface area contributed by atoms with Crippen molar-refractivity contribution in [2.75, 3.05) is 39.3 Å². The summed E-state index contributed by atoms with van der Waals surface area (Å²) >= 11 is 0. The number of hydrogen-bond acceptors (Lipinski definition) is 16. The van der Waals surface area contributed by atoms with Gasteiger partial charge in [0.1, 0.15) is 86.0 Å². The number of imidazole rings is 2. The van der Waals surface area contributed by atoms with Crippen LogP contribution in [0.15, 0.2) is 73.3 Å². The van der Waals surface area contributed by atoms with Gasteiger partial charge in [0.25, 0.3) is 0 Å². The molecular formula is C57H78N8O14. The Kier molecular flexibility index (Phi) is 21.1. The fourth-order valence-electron chi connectivity index (χ4n) is 8.68. The second-order valence-corrected chi connectivity index (χ2v) is 23.4. The van der Waals surface area contributed by atoms with Gasteiger partial charge in [0, 0.05) is 30.7 Å². The fourth-order valence-corrected chi connectivity index (χ4v) is 8.68. The second kappa shape index (κ2) is 26.8. The third-order valence-corrected chi connectivity index (χ3v) is 11.8. The maximum atomic E-state index is 14.0. The standard InChI is InChI=1S/C57H78N8O14/c1-54(2,3)76-48(68)33-64(34-49(69)77-55(4,5)6)46(66)31-62-27-24-58-44(62)29-61(30-45-59-25-28-63(45)32-47(67)65(35-50(70)78-56(7,8)9)36-51(71)79-57(10,11)12)26-18-17-23-43(52(72)73)60-53(74)75-37-42-40-21-15-13-19-38(40)39-20-14-16-22-41(39)42/h13-16,19-22,24-25,27-28,42-43H,17-18,23,26,29-37H2,1-12H3,(H,60,74)(H,72,73)/t43-/m0/s1. The summed E-state index contributed by atoms with van der Waals surface area (Å²) in [6.07, 6.45) is 5.98. The number of unbranched alkanes of at least 4 members (excludes halogenated alkanes) is 1. The molecule has 3 amide bonds. The number of carboxylic acid groups (broad SMARTS) is 1. The number of carbonyl (C=O) groups is 8. The van der Waals surface area contributed by atoms with Gasteiger partial charge in [0.05, 0.1) is 13.1 Å². The van der Waals surface area contributed by atoms with Crippen molar-refractivity contribution in [2.24, 2.45) is 0 Å². The van der Waals surface area contributed by atoms with Crippen molar-refractivity contribution in [3.63, 3.8) is 0 Å². The number of nitrogens with one attached hydrogen (secondary N) is 1. The molecule has 430 valence electrons. The highest BCUT2D eigenvalue weighted by Gasteiger charge is 2.32. The monoisotopic (exact) mass is 1100 g/mol. The third kappa shape index (κ3) is 20.6. The van der Waals surface area contributed by atoms with Crippen molar-refractivity contribution >= 4 is 47.8 Å². The Labute approximate surface area is 462 Å². The quantitative estimate of drug-likeness (QED) is 0.0421. The highest BCUT2D eigenvalue weighted by atomic mass is 16.6. The zero-order chi connectivity index (χ0) is 58.5. The van der Waals surface area contributed by atoms with E-state index < -0.39 is 102 Å². The third-order valence-electron chi connectivity index (χ3n) is 11.8. The zero-order valence-corrected chi connectivity index (χ0v) is 47.7. The largest absolute Gasteiger partial charge is 0.480 e. The van der Waals surface area contributed by atoms with E-state index in [0.717, 1.165) is 32.1 Å². The summed E-state index contributed by atoms with van der Waals surface area (Å²) in [5, 5.41) is 12.7. The Bertz CT molecular complexity index is 2570. The molecule has 22 nitrogen and oxygen atoms in total. The molecule has 0 radical (unpaired) electrons. The summed E-state index contributed by atoms with van der Waals surface area (Å²) in [4.78, 5) is 119. The Morgan fingerprint density at radius 2 is 0.962 bits per heavy atom. The SMILES string of the molecule is CC(C)(C)OC(=O)CN(CC(=O)OC(C)(C)C)C(=O)Cn1ccnc1CN(CCCC[C@H](NC(=O)OCC1c2ccccc2-c2ccccc21)C(=O)O)Cc1nccn1CC(=O)N(CC(=O)OC(C)(C)C)CC(=O)OC(C)(C)C. The maximum absolute atomic E-state index is 14.0. The number of hydrogen-bond donors (Lipinski definition) is 2. The molecule has 0 fully saturated rings. The van der Waals surface area contributed by atoms with Crippen LogP contribution in [-0.4, -0.2) is 154 Å². The molecule has 79 heavy (non-hydrogen) atoms. The number of aromatic nitrogens is 4. The van der Waals surface area contributed by atoms with E-state index >= 15 is 0 Å². The minimum atomic E-state index is -1.28. The molecule has 22 heteroatoms. The molecule has 1 atom stereocenters. The number of carboxylic acids is 1. The summed E-state index contributed by atoms with van der Waals surface area (Å²) in [6, 6.07) is 14.5. The minimum absolute atomic E-state index is 0.000896. The van der Waals surface area contributed by atoms with Crippen molar-refractivity contribution in [2.45, 2.75) is 163 Å². The van der Waals surface area contributed by atoms with Crippen LogP contribution in [0.3, 0.4) is 0 Å². The van der Waals surface area contributed by atoms with E-state index in [-0.39, 0.29) is 51.7 Å². The average Bonchev–Trinajstić information content (AvgIpc) is 4.10. The number of alkyl carbamates (subject to hydrolysis) is 1. The van der Waals surface area contributed by atoms with E-state index in [9.17, 15) is 43.5 Å². The first kappa shape index (κ1) is 62.2. The van der Waals surface area contributed by atoms with Gasteiger partial charge in [-0.2, -0.15) is 0 Å². The molecule has 4 aromatic rings. The Balaban J connectivity index is 1.34. The molecule has 5 rings (SSSR count). The predicted molar refractivity (Wildman–Crippen MR) is 289 cm³/mol. The number of ether oxygens (including phenoxy) is 5. The van der Waals surface area contributed by atoms with Crippen LogP contribution < -0.4 is 5.32 Å². The van der Waals surface area contributed by atoms with Crippen LogP contribution in [-0.2, 0) is 83.4 Å². The highest BCUT2D eigenvalue weighted by Crippen LogP contribution is 2.44. The number of aliphatic carboxylic acids is 1. The molecule has 2 N–H and O–H groups in total. The lowest BCUT2D eigenvalue weighted by molar-refractivity contribution is -0.165. The Morgan fingerprint density at radius 3 is 1.33 bits per heavy atom. The molecule has 0 aliphatic heterocycles. The zero-order valence-electron chi connectivity index (χ0n) is 47.7. The highest BCUT2D eigenvalue weighted by molar-refractivity contribution is 5.87. The van der Waals surface area contributed by atoms with Crippen molar-refractivity contribution < 1.29 is 67.1 Å². The summed E-state index contributed by atoms with van der Waals surface area (Å²) < 4.78 is 30.7. The van der Waals surface area contributed by atoms with Gasteiger partial charge in [-0.25, -0.2) is 19.6 Å². The van der Waals surface area contributed by atoms with Gasteiger partial charge in [-0.3, -0.25) is 33.7 Å². The van der Waals surface area contributed by atoms with Gasteiger partial charge < -0.3 is 53.0 Å². The van der Waals surface area contributed by atoms with Crippen molar-refractivity contribution in [3.05, 3.63) is 96.1 Å². The van der Waals surface area contributed by atoms with Gasteiger partial charge in [-0.15, -0.1) is 0 Å². The van der Waals surface area contributed by atoms with Crippen LogP contribution >= 0.6 is 0 Å². The number of nitrogens with zero attached hydrogens (tertiary/aromatic N) is 7. The molecule has 2 aromatic heterocycles. The lowest BCUT2D eigenvalue weighted by atomic mass is 9.98. The molecular weight excluding hydrogens is 1020 g/mol. The number of fused-ring (bicyclic) bond motifs is 3. The predicted octanol–water partition coefficient (Wildman–Crippen LogP) is 6.27. The number of amides is 3. The van der Waals surface area contributed by atoms with Gasteiger partial charge in [-0.05, 0) is 131 Å². The van der Waals surface area contributed by atoms with E-state index in [2.05, 4.69) is 15.3 Å². The van der Waals surface area contributed by atoms with E-state index in [1.807, 2.05) is 53.4 Å². The van der Waals surface area contributed by atoms with E-state index in [0.29, 0.717) is 24.5 Å². The Morgan fingerprint density at radius 1 is 0.582 bits per heavy atom. The summed E-state index contributed by atoms with van der Waals surface area (Å²) in [7, 11) is 0. The molecule has 2 aromatic carbocycles. The number of esters is 4. The average molecular weight is 1100 g/mol. The van der Waals surface area contributed by atoms with E-state index in [1.54, 1.807) is 105 Å². The van der Waals surface area contributed by atoms with Gasteiger partial charge in [-0.1, -0.05) is 48.5 Å². The van der Waals surface area contributed by atoms with Crippen LogP contribution in [0.1, 0.15) is 131 Å². The first-order valence-corrected chi connectivity index (χ1v) is 26.3. The molecule has 0 bridgehead atoms. The van der Waals surface area contributed by atoms with Gasteiger partial charge in [0.15, 0.2) is 0 Å². The number of carbonyl (C=O) groups excluding carboxylic acids is 7. The van der Waals surface area contributed by atoms with Crippen molar-refractivity contribution in [1.29, 1.82) is 0 Å². The first-order valence-electron chi connectivity index (χ1n) is 26.3. The lowest BCUT2D eigenvalue weighted by Crippen LogP contribution is -2.44. The molecule has 2 heterocycles. The summed E-state index contributed by atoms with van der Waals surface area (Å²) in [5.41, 5.74) is 0.651. The maximum Gasteiger partial charge on any atom is 0.407 e. The lowest BCUT2D eigenvalue weighted by Gasteiger charge is -2.27. The molecule has 0 saturated heterocycles. The van der Waals surface area contributed by atoms with Gasteiger partial charge in [0.2, 0.25) is 11.8 Å². The topological polar surface area (TPSA) is 260 Å². The first-order chi connectivity index (χ1) is 36.8. The molecule has 0 unspecified atom stereocenters.